The molecular formula is C26H23Cl2IN2O5S. The maximum Gasteiger partial charge on any atom is 0.326 e. The largest absolute Gasteiger partial charge is 0.480 e. The van der Waals surface area contributed by atoms with Crippen LogP contribution in [0.3, 0.4) is 0 Å². The predicted octanol–water partition coefficient (Wildman–Crippen LogP) is 4.96. The molecule has 0 spiro atoms. The second-order valence-corrected chi connectivity index (χ2v) is 12.7. The van der Waals surface area contributed by atoms with Crippen molar-refractivity contribution in [1.29, 1.82) is 0 Å². The molecule has 1 saturated heterocycles. The number of amides is 1. The van der Waals surface area contributed by atoms with Crippen LogP contribution in [0.2, 0.25) is 10.0 Å². The molecule has 0 unspecified atom stereocenters. The number of halogens is 3. The minimum absolute atomic E-state index is 0.0529. The average Bonchev–Trinajstić information content (AvgIpc) is 3.31. The fourth-order valence-electron chi connectivity index (χ4n) is 4.52. The normalized spacial score (nSPS) is 18.9. The first kappa shape index (κ1) is 27.8. The number of rotatable bonds is 8. The number of carboxylic acid groups (broad SMARTS) is 1. The molecule has 37 heavy (non-hydrogen) atoms. The lowest BCUT2D eigenvalue weighted by Crippen LogP contribution is -2.52. The van der Waals surface area contributed by atoms with Crippen LogP contribution in [0.15, 0.2) is 77.7 Å². The van der Waals surface area contributed by atoms with E-state index in [0.29, 0.717) is 6.42 Å². The van der Waals surface area contributed by atoms with Gasteiger partial charge in [0.15, 0.2) is 0 Å². The van der Waals surface area contributed by atoms with Crippen LogP contribution >= 0.6 is 45.8 Å². The average molecular weight is 673 g/mol. The van der Waals surface area contributed by atoms with E-state index in [-0.39, 0.29) is 27.9 Å². The third-order valence-electron chi connectivity index (χ3n) is 6.26. The van der Waals surface area contributed by atoms with Crippen molar-refractivity contribution in [1.82, 2.24) is 9.62 Å². The van der Waals surface area contributed by atoms with E-state index in [1.807, 2.05) is 42.5 Å². The summed E-state index contributed by atoms with van der Waals surface area (Å²) in [5.41, 5.74) is 1.52. The fraction of sp³-hybridized carbons (Fsp3) is 0.231. The number of sulfonamides is 1. The van der Waals surface area contributed by atoms with Crippen molar-refractivity contribution in [3.63, 3.8) is 0 Å². The van der Waals surface area contributed by atoms with E-state index < -0.39 is 39.9 Å². The third-order valence-corrected chi connectivity index (χ3v) is 9.27. The lowest BCUT2D eigenvalue weighted by molar-refractivity contribution is -0.142. The van der Waals surface area contributed by atoms with Crippen LogP contribution in [0.1, 0.15) is 23.5 Å². The molecule has 0 bridgehead atoms. The van der Waals surface area contributed by atoms with E-state index in [0.717, 1.165) is 19.0 Å². The topological polar surface area (TPSA) is 104 Å². The highest BCUT2D eigenvalue weighted by atomic mass is 127. The molecule has 1 heterocycles. The van der Waals surface area contributed by atoms with Gasteiger partial charge in [0.25, 0.3) is 0 Å². The number of carbonyl (C=O) groups excluding carboxylic acids is 1. The van der Waals surface area contributed by atoms with Gasteiger partial charge in [0.05, 0.1) is 4.90 Å². The predicted molar refractivity (Wildman–Crippen MR) is 150 cm³/mol. The summed E-state index contributed by atoms with van der Waals surface area (Å²) in [6.45, 7) is 0.0684. The molecule has 2 N–H and O–H groups in total. The highest BCUT2D eigenvalue weighted by Gasteiger charge is 2.47. The number of nitrogens with zero attached hydrogens (tertiary/aromatic N) is 1. The number of aliphatic carboxylic acids is 1. The zero-order chi connectivity index (χ0) is 26.7. The first-order valence-electron chi connectivity index (χ1n) is 11.4. The number of hydrogen-bond donors (Lipinski definition) is 2. The molecule has 3 aromatic rings. The molecule has 1 fully saturated rings. The van der Waals surface area contributed by atoms with Crippen LogP contribution in [-0.2, 0) is 26.0 Å². The smallest absolute Gasteiger partial charge is 0.326 e. The molecule has 7 nitrogen and oxygen atoms in total. The van der Waals surface area contributed by atoms with Gasteiger partial charge in [0, 0.05) is 32.5 Å². The van der Waals surface area contributed by atoms with Crippen molar-refractivity contribution in [2.75, 3.05) is 6.54 Å². The molecule has 3 aromatic carbocycles. The van der Waals surface area contributed by atoms with E-state index in [9.17, 15) is 23.1 Å². The molecule has 4 rings (SSSR count). The lowest BCUT2D eigenvalue weighted by atomic mass is 9.91. The maximum atomic E-state index is 13.7. The van der Waals surface area contributed by atoms with Crippen molar-refractivity contribution >= 4 is 67.7 Å². The van der Waals surface area contributed by atoms with Crippen LogP contribution in [0, 0.1) is 3.57 Å². The molecule has 1 aliphatic rings. The highest BCUT2D eigenvalue weighted by Crippen LogP contribution is 2.38. The number of benzene rings is 3. The van der Waals surface area contributed by atoms with Crippen LogP contribution in [0.5, 0.6) is 0 Å². The van der Waals surface area contributed by atoms with Crippen molar-refractivity contribution in [2.24, 2.45) is 0 Å². The summed E-state index contributed by atoms with van der Waals surface area (Å²) in [6.07, 6.45) is 0.432. The standard InChI is InChI=1S/C26H23Cl2IN2O5S/c27-18-13-19(28)15-21(14-18)37(35,36)31-11-10-22(17-4-2-1-3-5-17)24(31)25(32)30-23(26(33)34)12-16-6-8-20(29)9-7-16/h1-9,13-15,22-24H,10-12H2,(H,30,32)(H,33,34)/t22-,23+,24+/m1/s1. The Labute approximate surface area is 239 Å². The number of carbonyl (C=O) groups is 2. The zero-order valence-electron chi connectivity index (χ0n) is 19.4. The molecule has 1 aliphatic heterocycles. The van der Waals surface area contributed by atoms with E-state index in [1.54, 1.807) is 12.1 Å². The zero-order valence-corrected chi connectivity index (χ0v) is 23.8. The summed E-state index contributed by atoms with van der Waals surface area (Å²) in [6, 6.07) is 18.0. The second kappa shape index (κ2) is 11.7. The molecule has 0 aromatic heterocycles. The summed E-state index contributed by atoms with van der Waals surface area (Å²) in [7, 11) is -4.18. The first-order valence-corrected chi connectivity index (χ1v) is 14.6. The van der Waals surface area contributed by atoms with Gasteiger partial charge in [-0.3, -0.25) is 4.79 Å². The Morgan fingerprint density at radius 3 is 2.24 bits per heavy atom. The Hall–Kier alpha value is -2.18. The number of carboxylic acids is 1. The second-order valence-electron chi connectivity index (χ2n) is 8.70. The first-order chi connectivity index (χ1) is 17.6. The van der Waals surface area contributed by atoms with Crippen LogP contribution in [0.4, 0.5) is 0 Å². The van der Waals surface area contributed by atoms with Gasteiger partial charge in [-0.05, 0) is 70.5 Å². The van der Waals surface area contributed by atoms with E-state index in [2.05, 4.69) is 27.9 Å². The number of nitrogens with one attached hydrogen (secondary N) is 1. The Bertz CT molecular complexity index is 1380. The third kappa shape index (κ3) is 6.46. The molecule has 0 radical (unpaired) electrons. The molecule has 0 saturated carbocycles. The molecule has 1 amide bonds. The maximum absolute atomic E-state index is 13.7. The van der Waals surface area contributed by atoms with Gasteiger partial charge in [-0.1, -0.05) is 65.7 Å². The van der Waals surface area contributed by atoms with Crippen molar-refractivity contribution in [3.8, 4) is 0 Å². The van der Waals surface area contributed by atoms with Crippen molar-refractivity contribution < 1.29 is 23.1 Å². The fourth-order valence-corrected chi connectivity index (χ4v) is 7.25. The summed E-state index contributed by atoms with van der Waals surface area (Å²) in [5.74, 6) is -2.36. The summed E-state index contributed by atoms with van der Waals surface area (Å²) < 4.78 is 29.5. The Morgan fingerprint density at radius 1 is 1.03 bits per heavy atom. The van der Waals surface area contributed by atoms with Crippen LogP contribution in [-0.4, -0.2) is 48.3 Å². The van der Waals surface area contributed by atoms with Gasteiger partial charge in [-0.15, -0.1) is 0 Å². The molecule has 3 atom stereocenters. The van der Waals surface area contributed by atoms with Gasteiger partial charge < -0.3 is 10.4 Å². The van der Waals surface area contributed by atoms with E-state index >= 15 is 0 Å². The molecule has 0 aliphatic carbocycles. The quantitative estimate of drug-likeness (QED) is 0.330. The molecule has 194 valence electrons. The van der Waals surface area contributed by atoms with E-state index in [1.165, 1.54) is 18.2 Å². The van der Waals surface area contributed by atoms with Gasteiger partial charge in [0.2, 0.25) is 15.9 Å². The summed E-state index contributed by atoms with van der Waals surface area (Å²) in [5, 5.41) is 12.7. The van der Waals surface area contributed by atoms with E-state index in [4.69, 9.17) is 23.2 Å². The Kier molecular flexibility index (Phi) is 8.80. The Balaban J connectivity index is 1.68. The monoisotopic (exact) mass is 672 g/mol. The minimum Gasteiger partial charge on any atom is -0.480 e. The minimum atomic E-state index is -4.18. The lowest BCUT2D eigenvalue weighted by Gasteiger charge is -2.28. The highest BCUT2D eigenvalue weighted by molar-refractivity contribution is 14.1. The molecule has 11 heteroatoms. The van der Waals surface area contributed by atoms with Crippen LogP contribution in [0.25, 0.3) is 0 Å². The molecular weight excluding hydrogens is 650 g/mol. The van der Waals surface area contributed by atoms with Crippen molar-refractivity contribution in [2.45, 2.75) is 35.7 Å². The van der Waals surface area contributed by atoms with Crippen LogP contribution < -0.4 is 5.32 Å². The summed E-state index contributed by atoms with van der Waals surface area (Å²) in [4.78, 5) is 25.6. The van der Waals surface area contributed by atoms with Crippen molar-refractivity contribution in [3.05, 3.63) is 97.5 Å². The van der Waals surface area contributed by atoms with Gasteiger partial charge in [-0.25, -0.2) is 13.2 Å². The van der Waals surface area contributed by atoms with Gasteiger partial charge in [-0.2, -0.15) is 4.31 Å². The SMILES string of the molecule is O=C(O)[C@H](Cc1ccc(I)cc1)NC(=O)[C@@H]1[C@@H](c2ccccc2)CCN1S(=O)(=O)c1cc(Cl)cc(Cl)c1. The van der Waals surface area contributed by atoms with Gasteiger partial charge >= 0.3 is 5.97 Å². The number of hydrogen-bond acceptors (Lipinski definition) is 4. The van der Waals surface area contributed by atoms with Gasteiger partial charge in [0.1, 0.15) is 12.1 Å². The Morgan fingerprint density at radius 2 is 1.65 bits per heavy atom. The summed E-state index contributed by atoms with van der Waals surface area (Å²) >= 11 is 14.3.